The first kappa shape index (κ1) is 22.0. The molecule has 0 saturated carbocycles. The lowest BCUT2D eigenvalue weighted by Crippen LogP contribution is -2.64. The molecular formula is C21H21NO9. The van der Waals surface area contributed by atoms with Crippen LogP contribution in [0.1, 0.15) is 29.8 Å². The Morgan fingerprint density at radius 1 is 0.935 bits per heavy atom. The van der Waals surface area contributed by atoms with E-state index >= 15 is 0 Å². The highest BCUT2D eigenvalue weighted by Gasteiger charge is 2.73. The second-order valence-electron chi connectivity index (χ2n) is 6.60. The summed E-state index contributed by atoms with van der Waals surface area (Å²) < 4.78 is 19.9. The summed E-state index contributed by atoms with van der Waals surface area (Å²) in [6.45, 7) is 2.91. The average Bonchev–Trinajstić information content (AvgIpc) is 3.25. The maximum Gasteiger partial charge on any atom is 0.345 e. The Morgan fingerprint density at radius 2 is 1.48 bits per heavy atom. The molecule has 2 aliphatic rings. The SMILES string of the molecule is CCOC(=O)C1=C2c3ccccc3C(=O)N2C(C(=O)OC)(C(=O)OC)C1C(=O)OCC. The predicted octanol–water partition coefficient (Wildman–Crippen LogP) is 0.694. The van der Waals surface area contributed by atoms with E-state index in [-0.39, 0.29) is 35.6 Å². The molecule has 1 aromatic rings. The number of esters is 4. The Labute approximate surface area is 177 Å². The zero-order valence-corrected chi connectivity index (χ0v) is 17.4. The van der Waals surface area contributed by atoms with Gasteiger partial charge in [-0.15, -0.1) is 0 Å². The van der Waals surface area contributed by atoms with E-state index in [9.17, 15) is 24.0 Å². The molecule has 0 aromatic heterocycles. The van der Waals surface area contributed by atoms with Crippen LogP contribution in [0.25, 0.3) is 5.70 Å². The molecule has 0 spiro atoms. The summed E-state index contributed by atoms with van der Waals surface area (Å²) in [6, 6.07) is 6.21. The second kappa shape index (κ2) is 8.21. The van der Waals surface area contributed by atoms with Gasteiger partial charge in [0.25, 0.3) is 11.4 Å². The number of carbonyl (C=O) groups excluding carboxylic acids is 5. The van der Waals surface area contributed by atoms with Gasteiger partial charge in [-0.3, -0.25) is 14.5 Å². The third-order valence-corrected chi connectivity index (χ3v) is 5.16. The van der Waals surface area contributed by atoms with Crippen LogP contribution >= 0.6 is 0 Å². The molecule has 3 rings (SSSR count). The van der Waals surface area contributed by atoms with Gasteiger partial charge in [0.05, 0.1) is 38.7 Å². The highest BCUT2D eigenvalue weighted by atomic mass is 16.6. The van der Waals surface area contributed by atoms with Crippen LogP contribution in [0.5, 0.6) is 0 Å². The van der Waals surface area contributed by atoms with Crippen LogP contribution < -0.4 is 0 Å². The number of ether oxygens (including phenoxy) is 4. The summed E-state index contributed by atoms with van der Waals surface area (Å²) in [7, 11) is 1.98. The third kappa shape index (κ3) is 2.89. The number of rotatable bonds is 6. The molecule has 1 atom stereocenters. The van der Waals surface area contributed by atoms with E-state index in [1.165, 1.54) is 19.1 Å². The van der Waals surface area contributed by atoms with E-state index in [2.05, 4.69) is 0 Å². The van der Waals surface area contributed by atoms with E-state index in [1.807, 2.05) is 0 Å². The van der Waals surface area contributed by atoms with Crippen LogP contribution in [0.2, 0.25) is 0 Å². The molecule has 0 aliphatic carbocycles. The van der Waals surface area contributed by atoms with Gasteiger partial charge in [-0.2, -0.15) is 0 Å². The van der Waals surface area contributed by atoms with Gasteiger partial charge in [0.2, 0.25) is 0 Å². The Morgan fingerprint density at radius 3 is 2.00 bits per heavy atom. The van der Waals surface area contributed by atoms with Crippen molar-refractivity contribution in [1.82, 2.24) is 4.90 Å². The molecule has 164 valence electrons. The summed E-state index contributed by atoms with van der Waals surface area (Å²) in [5, 5.41) is 0. The summed E-state index contributed by atoms with van der Waals surface area (Å²) in [4.78, 5) is 66.4. The maximum absolute atomic E-state index is 13.4. The Kier molecular flexibility index (Phi) is 5.83. The number of carbonyl (C=O) groups is 5. The minimum absolute atomic E-state index is 0.0514. The van der Waals surface area contributed by atoms with Crippen molar-refractivity contribution in [3.8, 4) is 0 Å². The number of fused-ring (bicyclic) bond motifs is 3. The molecule has 0 bridgehead atoms. The Hall–Kier alpha value is -3.69. The topological polar surface area (TPSA) is 126 Å². The number of hydrogen-bond donors (Lipinski definition) is 0. The quantitative estimate of drug-likeness (QED) is 0.363. The lowest BCUT2D eigenvalue weighted by atomic mass is 9.79. The highest BCUT2D eigenvalue weighted by molar-refractivity contribution is 6.26. The number of methoxy groups -OCH3 is 2. The minimum Gasteiger partial charge on any atom is -0.467 e. The molecule has 10 nitrogen and oxygen atoms in total. The van der Waals surface area contributed by atoms with Crippen LogP contribution in [-0.2, 0) is 38.1 Å². The van der Waals surface area contributed by atoms with Gasteiger partial charge in [-0.25, -0.2) is 14.4 Å². The summed E-state index contributed by atoms with van der Waals surface area (Å²) >= 11 is 0. The predicted molar refractivity (Wildman–Crippen MR) is 103 cm³/mol. The molecule has 2 heterocycles. The van der Waals surface area contributed by atoms with Gasteiger partial charge in [-0.1, -0.05) is 18.2 Å². The molecule has 1 amide bonds. The van der Waals surface area contributed by atoms with Crippen molar-refractivity contribution in [3.05, 3.63) is 41.0 Å². The van der Waals surface area contributed by atoms with E-state index in [0.717, 1.165) is 19.1 Å². The van der Waals surface area contributed by atoms with Crippen molar-refractivity contribution in [2.75, 3.05) is 27.4 Å². The monoisotopic (exact) mass is 431 g/mol. The normalized spacial score (nSPS) is 18.3. The first-order valence-corrected chi connectivity index (χ1v) is 9.51. The summed E-state index contributed by atoms with van der Waals surface area (Å²) in [5.41, 5.74) is -2.68. The Bertz CT molecular complexity index is 994. The number of hydrogen-bond acceptors (Lipinski definition) is 9. The highest BCUT2D eigenvalue weighted by Crippen LogP contribution is 2.53. The fourth-order valence-electron chi connectivity index (χ4n) is 4.05. The van der Waals surface area contributed by atoms with E-state index in [4.69, 9.17) is 18.9 Å². The van der Waals surface area contributed by atoms with Gasteiger partial charge in [0.15, 0.2) is 0 Å². The number of amides is 1. The van der Waals surface area contributed by atoms with E-state index in [1.54, 1.807) is 19.1 Å². The Balaban J connectivity index is 2.45. The molecule has 0 radical (unpaired) electrons. The van der Waals surface area contributed by atoms with E-state index in [0.29, 0.717) is 0 Å². The zero-order valence-electron chi connectivity index (χ0n) is 17.4. The van der Waals surface area contributed by atoms with Gasteiger partial charge < -0.3 is 18.9 Å². The first-order valence-electron chi connectivity index (χ1n) is 9.51. The lowest BCUT2D eigenvalue weighted by Gasteiger charge is -2.35. The minimum atomic E-state index is -2.64. The molecule has 1 aromatic carbocycles. The molecule has 0 saturated heterocycles. The summed E-state index contributed by atoms with van der Waals surface area (Å²) in [5.74, 6) is -7.17. The molecule has 10 heteroatoms. The molecule has 0 N–H and O–H groups in total. The van der Waals surface area contributed by atoms with Crippen molar-refractivity contribution in [2.45, 2.75) is 19.4 Å². The van der Waals surface area contributed by atoms with Gasteiger partial charge in [-0.05, 0) is 19.9 Å². The smallest absolute Gasteiger partial charge is 0.345 e. The van der Waals surface area contributed by atoms with Crippen LogP contribution in [0, 0.1) is 5.92 Å². The van der Waals surface area contributed by atoms with Crippen molar-refractivity contribution < 1.29 is 42.9 Å². The average molecular weight is 431 g/mol. The summed E-state index contributed by atoms with van der Waals surface area (Å²) in [6.07, 6.45) is 0. The third-order valence-electron chi connectivity index (χ3n) is 5.16. The molecule has 1 unspecified atom stereocenters. The van der Waals surface area contributed by atoms with Crippen molar-refractivity contribution in [1.29, 1.82) is 0 Å². The largest absolute Gasteiger partial charge is 0.467 e. The number of benzene rings is 1. The first-order chi connectivity index (χ1) is 14.8. The van der Waals surface area contributed by atoms with Crippen molar-refractivity contribution in [3.63, 3.8) is 0 Å². The standard InChI is InChI=1S/C21H21NO9/c1-5-30-17(24)13-14(18(25)31-6-2)21(19(26)28-3,20(27)29-4)22-15(13)11-9-7-8-10-12(11)16(22)23/h7-10,14H,5-6H2,1-4H3. The second-order valence-corrected chi connectivity index (χ2v) is 6.60. The zero-order chi connectivity index (χ0) is 22.9. The molecule has 31 heavy (non-hydrogen) atoms. The van der Waals surface area contributed by atoms with Gasteiger partial charge in [0.1, 0.15) is 5.92 Å². The molecule has 2 aliphatic heterocycles. The number of nitrogens with zero attached hydrogens (tertiary/aromatic N) is 1. The van der Waals surface area contributed by atoms with Crippen molar-refractivity contribution in [2.24, 2.45) is 5.92 Å². The lowest BCUT2D eigenvalue weighted by molar-refractivity contribution is -0.176. The molecular weight excluding hydrogens is 410 g/mol. The van der Waals surface area contributed by atoms with Crippen molar-refractivity contribution >= 4 is 35.5 Å². The van der Waals surface area contributed by atoms with Gasteiger partial charge in [0, 0.05) is 11.1 Å². The van der Waals surface area contributed by atoms with Crippen LogP contribution in [0.15, 0.2) is 29.8 Å². The molecule has 0 fully saturated rings. The van der Waals surface area contributed by atoms with Crippen LogP contribution in [-0.4, -0.2) is 67.7 Å². The maximum atomic E-state index is 13.4. The van der Waals surface area contributed by atoms with Gasteiger partial charge >= 0.3 is 23.9 Å². The fourth-order valence-corrected chi connectivity index (χ4v) is 4.05. The van der Waals surface area contributed by atoms with Crippen LogP contribution in [0.3, 0.4) is 0 Å². The van der Waals surface area contributed by atoms with Crippen LogP contribution in [0.4, 0.5) is 0 Å². The fraction of sp³-hybridized carbons (Fsp3) is 0.381. The van der Waals surface area contributed by atoms with E-state index < -0.39 is 41.2 Å².